The number of carbonyl (C=O) groups is 1. The number of carboxylic acid groups (broad SMARTS) is 1. The first-order valence-corrected chi connectivity index (χ1v) is 8.12. The van der Waals surface area contributed by atoms with Crippen LogP contribution < -0.4 is 4.72 Å². The van der Waals surface area contributed by atoms with Crippen LogP contribution in [0.5, 0.6) is 0 Å². The summed E-state index contributed by atoms with van der Waals surface area (Å²) in [5.41, 5.74) is 0. The van der Waals surface area contributed by atoms with E-state index in [1.54, 1.807) is 0 Å². The summed E-state index contributed by atoms with van der Waals surface area (Å²) in [5, 5.41) is 12.5. The second-order valence-corrected chi connectivity index (χ2v) is 7.03. The first-order chi connectivity index (χ1) is 9.37. The van der Waals surface area contributed by atoms with Crippen LogP contribution in [0.15, 0.2) is 17.3 Å². The lowest BCUT2D eigenvalue weighted by molar-refractivity contribution is -0.137. The van der Waals surface area contributed by atoms with Gasteiger partial charge in [0, 0.05) is 12.2 Å². The molecule has 2 rings (SSSR count). The summed E-state index contributed by atoms with van der Waals surface area (Å²) in [7, 11) is -3.57. The maximum atomic E-state index is 12.2. The van der Waals surface area contributed by atoms with Gasteiger partial charge >= 0.3 is 5.97 Å². The molecule has 0 aliphatic heterocycles. The van der Waals surface area contributed by atoms with Crippen molar-refractivity contribution in [1.29, 1.82) is 0 Å². The Morgan fingerprint density at radius 1 is 1.55 bits per heavy atom. The summed E-state index contributed by atoms with van der Waals surface area (Å²) in [6.45, 7) is 2.27. The fourth-order valence-corrected chi connectivity index (χ4v) is 3.65. The minimum atomic E-state index is -3.57. The Morgan fingerprint density at radius 3 is 2.90 bits per heavy atom. The van der Waals surface area contributed by atoms with Crippen molar-refractivity contribution in [3.8, 4) is 0 Å². The number of aryl methyl sites for hydroxylation is 1. The van der Waals surface area contributed by atoms with Crippen LogP contribution >= 0.6 is 0 Å². The fourth-order valence-electron chi connectivity index (χ4n) is 2.42. The number of sulfonamides is 1. The molecule has 0 aromatic carbocycles. The molecule has 0 bridgehead atoms. The molecule has 0 radical (unpaired) electrons. The van der Waals surface area contributed by atoms with Crippen LogP contribution in [0.3, 0.4) is 0 Å². The van der Waals surface area contributed by atoms with E-state index in [-0.39, 0.29) is 23.9 Å². The predicted molar refractivity (Wildman–Crippen MR) is 71.6 cm³/mol. The predicted octanol–water partition coefficient (Wildman–Crippen LogP) is 0.825. The van der Waals surface area contributed by atoms with Crippen LogP contribution in [0.2, 0.25) is 0 Å². The minimum Gasteiger partial charge on any atom is -0.481 e. The van der Waals surface area contributed by atoms with Gasteiger partial charge in [0.25, 0.3) is 0 Å². The molecule has 1 saturated carbocycles. The SMILES string of the molecule is CC1CCC(NS(=O)(=O)c2cnn(CCC(=O)O)c2)C1. The molecule has 112 valence electrons. The van der Waals surface area contributed by atoms with Crippen LogP contribution in [-0.2, 0) is 21.4 Å². The van der Waals surface area contributed by atoms with Crippen LogP contribution in [-0.4, -0.2) is 35.3 Å². The molecule has 1 aromatic heterocycles. The van der Waals surface area contributed by atoms with Crippen LogP contribution in [0.1, 0.15) is 32.6 Å². The zero-order valence-corrected chi connectivity index (χ0v) is 12.1. The molecule has 0 amide bonds. The average Bonchev–Trinajstić information content (AvgIpc) is 2.95. The number of rotatable bonds is 6. The van der Waals surface area contributed by atoms with Gasteiger partial charge < -0.3 is 5.11 Å². The molecule has 1 heterocycles. The van der Waals surface area contributed by atoms with Gasteiger partial charge in [-0.25, -0.2) is 13.1 Å². The number of carboxylic acids is 1. The van der Waals surface area contributed by atoms with Gasteiger partial charge in [0.2, 0.25) is 10.0 Å². The van der Waals surface area contributed by atoms with E-state index in [2.05, 4.69) is 16.7 Å². The number of hydrogen-bond donors (Lipinski definition) is 2. The monoisotopic (exact) mass is 301 g/mol. The topological polar surface area (TPSA) is 101 Å². The number of aliphatic carboxylic acids is 1. The van der Waals surface area contributed by atoms with Gasteiger partial charge in [0.1, 0.15) is 4.90 Å². The van der Waals surface area contributed by atoms with E-state index in [0.717, 1.165) is 19.3 Å². The van der Waals surface area contributed by atoms with Gasteiger partial charge in [-0.1, -0.05) is 6.92 Å². The fraction of sp³-hybridized carbons (Fsp3) is 0.667. The lowest BCUT2D eigenvalue weighted by atomic mass is 10.1. The lowest BCUT2D eigenvalue weighted by Crippen LogP contribution is -2.32. The van der Waals surface area contributed by atoms with E-state index < -0.39 is 16.0 Å². The number of nitrogens with one attached hydrogen (secondary N) is 1. The summed E-state index contributed by atoms with van der Waals surface area (Å²) < 4.78 is 28.3. The lowest BCUT2D eigenvalue weighted by Gasteiger charge is -2.11. The third-order valence-corrected chi connectivity index (χ3v) is 4.97. The third-order valence-electron chi connectivity index (χ3n) is 3.49. The molecule has 2 atom stereocenters. The summed E-state index contributed by atoms with van der Waals surface area (Å²) in [5.74, 6) is -0.399. The second-order valence-electron chi connectivity index (χ2n) is 5.32. The van der Waals surface area contributed by atoms with Gasteiger partial charge in [-0.3, -0.25) is 9.48 Å². The summed E-state index contributed by atoms with van der Waals surface area (Å²) >= 11 is 0. The van der Waals surface area contributed by atoms with Crippen molar-refractivity contribution in [2.45, 2.75) is 50.1 Å². The van der Waals surface area contributed by atoms with Gasteiger partial charge in [0.15, 0.2) is 0 Å². The highest BCUT2D eigenvalue weighted by Crippen LogP contribution is 2.25. The first-order valence-electron chi connectivity index (χ1n) is 6.63. The number of hydrogen-bond acceptors (Lipinski definition) is 4. The molecule has 1 aromatic rings. The van der Waals surface area contributed by atoms with E-state index in [0.29, 0.717) is 5.92 Å². The Morgan fingerprint density at radius 2 is 2.30 bits per heavy atom. The summed E-state index contributed by atoms with van der Waals surface area (Å²) in [4.78, 5) is 10.6. The molecule has 1 aliphatic rings. The number of aromatic nitrogens is 2. The third kappa shape index (κ3) is 3.80. The highest BCUT2D eigenvalue weighted by molar-refractivity contribution is 7.89. The molecular weight excluding hydrogens is 282 g/mol. The summed E-state index contributed by atoms with van der Waals surface area (Å²) in [6.07, 6.45) is 5.27. The van der Waals surface area contributed by atoms with Gasteiger partial charge in [0.05, 0.1) is 19.2 Å². The van der Waals surface area contributed by atoms with Gasteiger partial charge in [-0.05, 0) is 25.2 Å². The van der Waals surface area contributed by atoms with Crippen LogP contribution in [0.4, 0.5) is 0 Å². The molecule has 8 heteroatoms. The van der Waals surface area contributed by atoms with E-state index in [9.17, 15) is 13.2 Å². The molecule has 2 unspecified atom stereocenters. The molecule has 0 spiro atoms. The average molecular weight is 301 g/mol. The normalized spacial score (nSPS) is 23.1. The Kier molecular flexibility index (Phi) is 4.44. The van der Waals surface area contributed by atoms with Crippen molar-refractivity contribution in [2.24, 2.45) is 5.92 Å². The van der Waals surface area contributed by atoms with Crippen LogP contribution in [0, 0.1) is 5.92 Å². The molecule has 7 nitrogen and oxygen atoms in total. The molecule has 1 fully saturated rings. The quantitative estimate of drug-likeness (QED) is 0.810. The smallest absolute Gasteiger partial charge is 0.305 e. The van der Waals surface area contributed by atoms with Crippen molar-refractivity contribution in [2.75, 3.05) is 0 Å². The maximum Gasteiger partial charge on any atom is 0.305 e. The van der Waals surface area contributed by atoms with Gasteiger partial charge in [-0.2, -0.15) is 5.10 Å². The Bertz CT molecular complexity index is 581. The molecule has 2 N–H and O–H groups in total. The standard InChI is InChI=1S/C12H19N3O4S/c1-9-2-3-10(6-9)14-20(18,19)11-7-13-15(8-11)5-4-12(16)17/h7-10,14H,2-6H2,1H3,(H,16,17). The molecule has 20 heavy (non-hydrogen) atoms. The van der Waals surface area contributed by atoms with Crippen molar-refractivity contribution >= 4 is 16.0 Å². The van der Waals surface area contributed by atoms with Crippen molar-refractivity contribution < 1.29 is 18.3 Å². The summed E-state index contributed by atoms with van der Waals surface area (Å²) in [6, 6.07) is -0.0163. The Hall–Kier alpha value is -1.41. The second kappa shape index (κ2) is 5.92. The zero-order chi connectivity index (χ0) is 14.8. The first kappa shape index (κ1) is 15.0. The van der Waals surface area contributed by atoms with E-state index in [4.69, 9.17) is 5.11 Å². The molecule has 1 aliphatic carbocycles. The van der Waals surface area contributed by atoms with Crippen LogP contribution in [0.25, 0.3) is 0 Å². The van der Waals surface area contributed by atoms with E-state index >= 15 is 0 Å². The highest BCUT2D eigenvalue weighted by Gasteiger charge is 2.27. The van der Waals surface area contributed by atoms with Gasteiger partial charge in [-0.15, -0.1) is 0 Å². The Labute approximate surface area is 118 Å². The maximum absolute atomic E-state index is 12.2. The largest absolute Gasteiger partial charge is 0.481 e. The molecular formula is C12H19N3O4S. The van der Waals surface area contributed by atoms with Crippen molar-refractivity contribution in [1.82, 2.24) is 14.5 Å². The molecule has 0 saturated heterocycles. The van der Waals surface area contributed by atoms with Crippen molar-refractivity contribution in [3.63, 3.8) is 0 Å². The number of nitrogens with zero attached hydrogens (tertiary/aromatic N) is 2. The minimum absolute atomic E-state index is 0.0163. The highest BCUT2D eigenvalue weighted by atomic mass is 32.2. The van der Waals surface area contributed by atoms with E-state index in [1.165, 1.54) is 17.1 Å². The zero-order valence-electron chi connectivity index (χ0n) is 11.3. The van der Waals surface area contributed by atoms with E-state index in [1.807, 2.05) is 0 Å². The Balaban J connectivity index is 2.00. The van der Waals surface area contributed by atoms with Crippen molar-refractivity contribution in [3.05, 3.63) is 12.4 Å².